The molecule has 0 radical (unpaired) electrons. The van der Waals surface area contributed by atoms with E-state index in [0.717, 1.165) is 17.1 Å². The molecule has 1 aromatic heterocycles. The quantitative estimate of drug-likeness (QED) is 0.780. The molecule has 6 nitrogen and oxygen atoms in total. The van der Waals surface area contributed by atoms with Gasteiger partial charge in [-0.25, -0.2) is 9.97 Å². The normalized spacial score (nSPS) is 15.6. The highest BCUT2D eigenvalue weighted by Crippen LogP contribution is 2.15. The predicted octanol–water partition coefficient (Wildman–Crippen LogP) is 2.36. The van der Waals surface area contributed by atoms with E-state index >= 15 is 0 Å². The highest BCUT2D eigenvalue weighted by molar-refractivity contribution is 5.26. The highest BCUT2D eigenvalue weighted by Gasteiger charge is 2.06. The third-order valence-electron chi connectivity index (χ3n) is 2.90. The lowest BCUT2D eigenvalue weighted by molar-refractivity contribution is -0.149. The Balaban J connectivity index is 1.84. The van der Waals surface area contributed by atoms with E-state index in [1.165, 1.54) is 0 Å². The van der Waals surface area contributed by atoms with Crippen molar-refractivity contribution in [1.29, 1.82) is 0 Å². The molecular weight excluding hydrogens is 284 g/mol. The van der Waals surface area contributed by atoms with Crippen LogP contribution in [-0.4, -0.2) is 28.2 Å². The number of hydrogen-bond acceptors (Lipinski definition) is 6. The molecule has 0 saturated heterocycles. The number of aliphatic hydroxyl groups is 1. The fraction of sp³-hybridized carbons (Fsp3) is 0.375. The van der Waals surface area contributed by atoms with E-state index in [2.05, 4.69) is 9.97 Å². The Labute approximate surface area is 129 Å². The molecule has 6 heteroatoms. The van der Waals surface area contributed by atoms with Crippen LogP contribution in [-0.2, 0) is 20.8 Å². The third kappa shape index (κ3) is 5.31. The Morgan fingerprint density at radius 3 is 2.59 bits per heavy atom. The molecule has 0 aliphatic heterocycles. The van der Waals surface area contributed by atoms with Gasteiger partial charge in [-0.3, -0.25) is 0 Å². The molecule has 1 heterocycles. The zero-order chi connectivity index (χ0) is 15.8. The van der Waals surface area contributed by atoms with Crippen LogP contribution in [0.3, 0.4) is 0 Å². The number of hydrogen-bond donors (Lipinski definition) is 1. The second-order valence-electron chi connectivity index (χ2n) is 4.69. The van der Waals surface area contributed by atoms with Gasteiger partial charge in [0.25, 0.3) is 0 Å². The topological polar surface area (TPSA) is 73.7 Å². The van der Waals surface area contributed by atoms with E-state index in [-0.39, 0.29) is 6.79 Å². The van der Waals surface area contributed by atoms with Crippen LogP contribution in [0.4, 0.5) is 0 Å². The summed E-state index contributed by atoms with van der Waals surface area (Å²) in [5, 5.41) is 8.68. The van der Waals surface area contributed by atoms with Crippen LogP contribution >= 0.6 is 0 Å². The number of aliphatic hydroxyl groups excluding tert-OH is 1. The lowest BCUT2D eigenvalue weighted by Gasteiger charge is -2.14. The van der Waals surface area contributed by atoms with Gasteiger partial charge in [0.2, 0.25) is 0 Å². The number of aryl methyl sites for hydroxylation is 1. The fourth-order valence-corrected chi connectivity index (χ4v) is 1.78. The zero-order valence-corrected chi connectivity index (χ0v) is 12.7. The van der Waals surface area contributed by atoms with Crippen molar-refractivity contribution in [2.45, 2.75) is 33.2 Å². The Morgan fingerprint density at radius 2 is 1.86 bits per heavy atom. The molecule has 22 heavy (non-hydrogen) atoms. The Hall–Kier alpha value is -2.18. The summed E-state index contributed by atoms with van der Waals surface area (Å²) in [5.41, 5.74) is 0.915. The van der Waals surface area contributed by atoms with Crippen molar-refractivity contribution in [3.05, 3.63) is 59.6 Å². The summed E-state index contributed by atoms with van der Waals surface area (Å²) >= 11 is 0. The van der Waals surface area contributed by atoms with Crippen LogP contribution in [0, 0.1) is 6.92 Å². The summed E-state index contributed by atoms with van der Waals surface area (Å²) < 4.78 is 16.2. The molecule has 1 aromatic rings. The summed E-state index contributed by atoms with van der Waals surface area (Å²) in [7, 11) is 0. The third-order valence-corrected chi connectivity index (χ3v) is 2.90. The standard InChI is InChI=1S/C16H20N2O4/c1-12-17-8-14(9-18-12)10-20-15-4-3-5-16(7-6-15)22-13(2)21-11-19/h4-9,13,19H,3,10-11H2,1-2H3. The van der Waals surface area contributed by atoms with Crippen LogP contribution in [0.5, 0.6) is 0 Å². The Morgan fingerprint density at radius 1 is 1.18 bits per heavy atom. The van der Waals surface area contributed by atoms with Crippen LogP contribution in [0.25, 0.3) is 0 Å². The molecule has 118 valence electrons. The SMILES string of the molecule is Cc1ncc(COC2=CCC=C(OC(C)OCO)C=C2)cn1. The van der Waals surface area contributed by atoms with E-state index in [1.807, 2.05) is 31.2 Å². The van der Waals surface area contributed by atoms with Gasteiger partial charge in [-0.1, -0.05) is 0 Å². The average molecular weight is 304 g/mol. The first kappa shape index (κ1) is 16.2. The summed E-state index contributed by atoms with van der Waals surface area (Å²) in [5.74, 6) is 2.17. The first-order valence-corrected chi connectivity index (χ1v) is 7.05. The molecule has 0 saturated carbocycles. The molecule has 0 amide bonds. The van der Waals surface area contributed by atoms with Gasteiger partial charge >= 0.3 is 0 Å². The van der Waals surface area contributed by atoms with Crippen LogP contribution < -0.4 is 0 Å². The second kappa shape index (κ2) is 8.31. The monoisotopic (exact) mass is 304 g/mol. The highest BCUT2D eigenvalue weighted by atomic mass is 16.7. The molecule has 0 aromatic carbocycles. The minimum Gasteiger partial charge on any atom is -0.489 e. The molecule has 2 rings (SSSR count). The zero-order valence-electron chi connectivity index (χ0n) is 12.7. The number of aromatic nitrogens is 2. The molecule has 1 aliphatic carbocycles. The lowest BCUT2D eigenvalue weighted by Crippen LogP contribution is -2.12. The maximum Gasteiger partial charge on any atom is 0.199 e. The molecule has 0 fully saturated rings. The summed E-state index contributed by atoms with van der Waals surface area (Å²) in [4.78, 5) is 8.26. The number of rotatable bonds is 7. The van der Waals surface area contributed by atoms with Gasteiger partial charge in [0.1, 0.15) is 30.7 Å². The van der Waals surface area contributed by atoms with E-state index in [0.29, 0.717) is 18.8 Å². The largest absolute Gasteiger partial charge is 0.489 e. The number of nitrogens with zero attached hydrogens (tertiary/aromatic N) is 2. The smallest absolute Gasteiger partial charge is 0.199 e. The minimum atomic E-state index is -0.506. The van der Waals surface area contributed by atoms with Crippen molar-refractivity contribution >= 4 is 0 Å². The molecule has 0 spiro atoms. The van der Waals surface area contributed by atoms with Crippen molar-refractivity contribution in [2.24, 2.45) is 0 Å². The Bertz CT molecular complexity index is 564. The Kier molecular flexibility index (Phi) is 6.12. The molecule has 1 N–H and O–H groups in total. The van der Waals surface area contributed by atoms with E-state index < -0.39 is 6.29 Å². The van der Waals surface area contributed by atoms with Gasteiger partial charge in [-0.2, -0.15) is 0 Å². The van der Waals surface area contributed by atoms with Crippen molar-refractivity contribution in [1.82, 2.24) is 9.97 Å². The number of allylic oxidation sites excluding steroid dienone is 4. The second-order valence-corrected chi connectivity index (χ2v) is 4.69. The van der Waals surface area contributed by atoms with Gasteiger partial charge in [-0.05, 0) is 44.6 Å². The van der Waals surface area contributed by atoms with E-state index in [4.69, 9.17) is 19.3 Å². The maximum absolute atomic E-state index is 8.68. The van der Waals surface area contributed by atoms with Crippen molar-refractivity contribution in [2.75, 3.05) is 6.79 Å². The van der Waals surface area contributed by atoms with E-state index in [9.17, 15) is 0 Å². The van der Waals surface area contributed by atoms with E-state index in [1.54, 1.807) is 19.3 Å². The van der Waals surface area contributed by atoms with Gasteiger partial charge < -0.3 is 19.3 Å². The molecule has 1 unspecified atom stereocenters. The molecule has 1 atom stereocenters. The molecule has 0 bridgehead atoms. The van der Waals surface area contributed by atoms with Crippen LogP contribution in [0.1, 0.15) is 24.7 Å². The maximum atomic E-state index is 8.68. The van der Waals surface area contributed by atoms with Gasteiger partial charge in [0.05, 0.1) is 0 Å². The average Bonchev–Trinajstić information content (AvgIpc) is 2.72. The summed E-state index contributed by atoms with van der Waals surface area (Å²) in [6, 6.07) is 0. The predicted molar refractivity (Wildman–Crippen MR) is 80.2 cm³/mol. The van der Waals surface area contributed by atoms with Crippen molar-refractivity contribution in [3.8, 4) is 0 Å². The van der Waals surface area contributed by atoms with Gasteiger partial charge in [-0.15, -0.1) is 0 Å². The first-order valence-electron chi connectivity index (χ1n) is 7.05. The van der Waals surface area contributed by atoms with Gasteiger partial charge in [0.15, 0.2) is 6.29 Å². The summed E-state index contributed by atoms with van der Waals surface area (Å²) in [6.45, 7) is 3.61. The minimum absolute atomic E-state index is 0.372. The fourth-order valence-electron chi connectivity index (χ4n) is 1.78. The van der Waals surface area contributed by atoms with Crippen molar-refractivity contribution < 1.29 is 19.3 Å². The first-order chi connectivity index (χ1) is 10.7. The molecular formula is C16H20N2O4. The van der Waals surface area contributed by atoms with Crippen molar-refractivity contribution in [3.63, 3.8) is 0 Å². The summed E-state index contributed by atoms with van der Waals surface area (Å²) in [6.07, 6.45) is 11.2. The van der Waals surface area contributed by atoms with Crippen LogP contribution in [0.15, 0.2) is 48.2 Å². The number of ether oxygens (including phenoxy) is 3. The lowest BCUT2D eigenvalue weighted by atomic mass is 10.3. The van der Waals surface area contributed by atoms with Crippen LogP contribution in [0.2, 0.25) is 0 Å². The van der Waals surface area contributed by atoms with Gasteiger partial charge in [0, 0.05) is 18.0 Å². The molecule has 1 aliphatic rings.